The molecule has 0 fully saturated rings. The van der Waals surface area contributed by atoms with Crippen molar-refractivity contribution in [2.24, 2.45) is 0 Å². The Morgan fingerprint density at radius 3 is 2.85 bits per heavy atom. The van der Waals surface area contributed by atoms with Crippen LogP contribution in [0.2, 0.25) is 5.02 Å². The van der Waals surface area contributed by atoms with Crippen LogP contribution in [0, 0.1) is 3.57 Å². The molecular weight excluding hydrogens is 302 g/mol. The second kappa shape index (κ2) is 4.81. The lowest BCUT2D eigenvalue weighted by Gasteiger charge is -2.02. The van der Waals surface area contributed by atoms with E-state index in [0.29, 0.717) is 17.2 Å². The molecule has 70 valence electrons. The first kappa shape index (κ1) is 10.8. The highest BCUT2D eigenvalue weighted by molar-refractivity contribution is 14.1. The van der Waals surface area contributed by atoms with E-state index < -0.39 is 0 Å². The van der Waals surface area contributed by atoms with Crippen molar-refractivity contribution in [3.05, 3.63) is 32.4 Å². The quantitative estimate of drug-likeness (QED) is 0.620. The first-order valence-electron chi connectivity index (χ1n) is 3.77. The molecule has 4 heteroatoms. The predicted octanol–water partition coefficient (Wildman–Crippen LogP) is 3.12. The van der Waals surface area contributed by atoms with Gasteiger partial charge in [0.2, 0.25) is 0 Å². The molecule has 2 nitrogen and oxygen atoms in total. The molecule has 0 bridgehead atoms. The van der Waals surface area contributed by atoms with E-state index in [1.807, 2.05) is 0 Å². The molecule has 1 aromatic carbocycles. The topological polar surface area (TPSA) is 26.3 Å². The SMILES string of the molecule is CCOC(=O)c1ccc(I)c(Cl)c1. The Morgan fingerprint density at radius 1 is 1.62 bits per heavy atom. The third kappa shape index (κ3) is 2.84. The van der Waals surface area contributed by atoms with Crippen LogP contribution in [0.25, 0.3) is 0 Å². The molecule has 0 aliphatic carbocycles. The summed E-state index contributed by atoms with van der Waals surface area (Å²) in [5.74, 6) is -0.333. The summed E-state index contributed by atoms with van der Waals surface area (Å²) in [6.45, 7) is 2.15. The van der Waals surface area contributed by atoms with Gasteiger partial charge in [-0.15, -0.1) is 0 Å². The number of hydrogen-bond acceptors (Lipinski definition) is 2. The zero-order valence-electron chi connectivity index (χ0n) is 7.01. The lowest BCUT2D eigenvalue weighted by atomic mass is 10.2. The maximum Gasteiger partial charge on any atom is 0.338 e. The van der Waals surface area contributed by atoms with Crippen LogP contribution in [0.3, 0.4) is 0 Å². The van der Waals surface area contributed by atoms with E-state index in [0.717, 1.165) is 3.57 Å². The highest BCUT2D eigenvalue weighted by atomic mass is 127. The lowest BCUT2D eigenvalue weighted by molar-refractivity contribution is 0.0526. The summed E-state index contributed by atoms with van der Waals surface area (Å²) in [5.41, 5.74) is 0.493. The van der Waals surface area contributed by atoms with Crippen LogP contribution in [0.1, 0.15) is 17.3 Å². The molecule has 0 unspecified atom stereocenters. The van der Waals surface area contributed by atoms with E-state index in [1.165, 1.54) is 0 Å². The average molecular weight is 311 g/mol. The molecule has 0 saturated carbocycles. The van der Waals surface area contributed by atoms with Gasteiger partial charge in [0, 0.05) is 3.57 Å². The Kier molecular flexibility index (Phi) is 3.99. The van der Waals surface area contributed by atoms with Crippen molar-refractivity contribution in [2.75, 3.05) is 6.61 Å². The lowest BCUT2D eigenvalue weighted by Crippen LogP contribution is -2.04. The number of carbonyl (C=O) groups is 1. The highest BCUT2D eigenvalue weighted by Crippen LogP contribution is 2.19. The van der Waals surface area contributed by atoms with Gasteiger partial charge < -0.3 is 4.74 Å². The minimum atomic E-state index is -0.333. The Balaban J connectivity index is 2.90. The number of ether oxygens (including phenoxy) is 1. The Morgan fingerprint density at radius 2 is 2.31 bits per heavy atom. The van der Waals surface area contributed by atoms with Gasteiger partial charge in [-0.2, -0.15) is 0 Å². The zero-order chi connectivity index (χ0) is 9.84. The molecule has 0 N–H and O–H groups in total. The van der Waals surface area contributed by atoms with Crippen molar-refractivity contribution in [3.8, 4) is 0 Å². The van der Waals surface area contributed by atoms with E-state index in [1.54, 1.807) is 25.1 Å². The number of rotatable bonds is 2. The smallest absolute Gasteiger partial charge is 0.338 e. The highest BCUT2D eigenvalue weighted by Gasteiger charge is 2.07. The third-order valence-electron chi connectivity index (χ3n) is 1.43. The van der Waals surface area contributed by atoms with Crippen LogP contribution < -0.4 is 0 Å². The normalized spacial score (nSPS) is 9.77. The summed E-state index contributed by atoms with van der Waals surface area (Å²) in [4.78, 5) is 11.2. The Bertz CT molecular complexity index is 325. The number of carbonyl (C=O) groups excluding carboxylic acids is 1. The van der Waals surface area contributed by atoms with Crippen molar-refractivity contribution in [1.29, 1.82) is 0 Å². The molecule has 0 aliphatic heterocycles. The van der Waals surface area contributed by atoms with Gasteiger partial charge in [-0.05, 0) is 47.7 Å². The minimum Gasteiger partial charge on any atom is -0.462 e. The van der Waals surface area contributed by atoms with Gasteiger partial charge >= 0.3 is 5.97 Å². The van der Waals surface area contributed by atoms with Gasteiger partial charge in [-0.3, -0.25) is 0 Å². The van der Waals surface area contributed by atoms with Crippen molar-refractivity contribution in [3.63, 3.8) is 0 Å². The molecule has 0 amide bonds. The summed E-state index contributed by atoms with van der Waals surface area (Å²) >= 11 is 7.94. The van der Waals surface area contributed by atoms with Gasteiger partial charge in [0.25, 0.3) is 0 Å². The number of halogens is 2. The maximum atomic E-state index is 11.2. The van der Waals surface area contributed by atoms with E-state index >= 15 is 0 Å². The monoisotopic (exact) mass is 310 g/mol. The summed E-state index contributed by atoms with van der Waals surface area (Å²) in [5, 5.41) is 0.575. The standard InChI is InChI=1S/C9H8ClIO2/c1-2-13-9(12)6-3-4-8(11)7(10)5-6/h3-5H,2H2,1H3. The third-order valence-corrected chi connectivity index (χ3v) is 3.00. The van der Waals surface area contributed by atoms with Crippen LogP contribution in [0.4, 0.5) is 0 Å². The van der Waals surface area contributed by atoms with Crippen molar-refractivity contribution >= 4 is 40.2 Å². The van der Waals surface area contributed by atoms with Gasteiger partial charge in [0.1, 0.15) is 0 Å². The van der Waals surface area contributed by atoms with Crippen molar-refractivity contribution < 1.29 is 9.53 Å². The average Bonchev–Trinajstić information content (AvgIpc) is 2.10. The van der Waals surface area contributed by atoms with Crippen LogP contribution >= 0.6 is 34.2 Å². The maximum absolute atomic E-state index is 11.2. The van der Waals surface area contributed by atoms with Crippen molar-refractivity contribution in [2.45, 2.75) is 6.92 Å². The van der Waals surface area contributed by atoms with Crippen molar-refractivity contribution in [1.82, 2.24) is 0 Å². The van der Waals surface area contributed by atoms with Gasteiger partial charge in [0.15, 0.2) is 0 Å². The zero-order valence-corrected chi connectivity index (χ0v) is 9.93. The Hall–Kier alpha value is -0.290. The second-order valence-electron chi connectivity index (χ2n) is 2.35. The molecule has 0 atom stereocenters. The molecule has 1 aromatic rings. The van der Waals surface area contributed by atoms with Crippen LogP contribution in [0.15, 0.2) is 18.2 Å². The largest absolute Gasteiger partial charge is 0.462 e. The second-order valence-corrected chi connectivity index (χ2v) is 3.92. The summed E-state index contributed by atoms with van der Waals surface area (Å²) in [6.07, 6.45) is 0. The Labute approximate surface area is 95.4 Å². The van der Waals surface area contributed by atoms with E-state index in [9.17, 15) is 4.79 Å². The number of esters is 1. The van der Waals surface area contributed by atoms with Gasteiger partial charge in [0.05, 0.1) is 17.2 Å². The molecule has 0 saturated heterocycles. The van der Waals surface area contributed by atoms with Gasteiger partial charge in [-0.1, -0.05) is 11.6 Å². The van der Waals surface area contributed by atoms with Crippen LogP contribution in [0.5, 0.6) is 0 Å². The molecule has 0 aliphatic rings. The fourth-order valence-corrected chi connectivity index (χ4v) is 1.35. The molecule has 0 aromatic heterocycles. The van der Waals surface area contributed by atoms with Crippen LogP contribution in [-0.4, -0.2) is 12.6 Å². The fourth-order valence-electron chi connectivity index (χ4n) is 0.838. The van der Waals surface area contributed by atoms with E-state index in [2.05, 4.69) is 22.6 Å². The van der Waals surface area contributed by atoms with E-state index in [-0.39, 0.29) is 5.97 Å². The summed E-state index contributed by atoms with van der Waals surface area (Å²) in [7, 11) is 0. The molecule has 1 rings (SSSR count). The molecule has 0 heterocycles. The molecule has 0 radical (unpaired) electrons. The summed E-state index contributed by atoms with van der Waals surface area (Å²) in [6, 6.07) is 5.10. The first-order chi connectivity index (χ1) is 6.15. The number of benzene rings is 1. The van der Waals surface area contributed by atoms with Gasteiger partial charge in [-0.25, -0.2) is 4.79 Å². The fraction of sp³-hybridized carbons (Fsp3) is 0.222. The van der Waals surface area contributed by atoms with Crippen LogP contribution in [-0.2, 0) is 4.74 Å². The van der Waals surface area contributed by atoms with E-state index in [4.69, 9.17) is 16.3 Å². The molecule has 0 spiro atoms. The summed E-state index contributed by atoms with van der Waals surface area (Å²) < 4.78 is 5.75. The number of hydrogen-bond donors (Lipinski definition) is 0. The minimum absolute atomic E-state index is 0.333. The molecule has 13 heavy (non-hydrogen) atoms. The first-order valence-corrected chi connectivity index (χ1v) is 5.23. The molecular formula is C9H8ClIO2. The predicted molar refractivity (Wildman–Crippen MR) is 60.1 cm³/mol.